The van der Waals surface area contributed by atoms with E-state index in [0.717, 1.165) is 16.8 Å². The third-order valence-corrected chi connectivity index (χ3v) is 6.17. The average Bonchev–Trinajstić information content (AvgIpc) is 3.53. The number of anilines is 2. The van der Waals surface area contributed by atoms with E-state index in [1.165, 1.54) is 0 Å². The molecule has 0 amide bonds. The molecule has 0 aliphatic carbocycles. The van der Waals surface area contributed by atoms with Crippen molar-refractivity contribution in [3.8, 4) is 45.7 Å². The summed E-state index contributed by atoms with van der Waals surface area (Å²) in [4.78, 5) is 17.9. The lowest BCUT2D eigenvalue weighted by Crippen LogP contribution is -2.17. The Morgan fingerprint density at radius 3 is 2.77 bits per heavy atom. The first-order valence-electron chi connectivity index (χ1n) is 12.6. The first kappa shape index (κ1) is 24.3. The van der Waals surface area contributed by atoms with Gasteiger partial charge >= 0.3 is 0 Å². The molecule has 5 aromatic heterocycles. The molecule has 1 N–H and O–H groups in total. The van der Waals surface area contributed by atoms with Crippen LogP contribution in [0.4, 0.5) is 11.6 Å². The average molecular weight is 526 g/mol. The second kappa shape index (κ2) is 10.4. The highest BCUT2D eigenvalue weighted by atomic mass is 16.5. The van der Waals surface area contributed by atoms with Gasteiger partial charge in [-0.3, -0.25) is 4.98 Å². The molecule has 6 rings (SSSR count). The highest BCUT2D eigenvalue weighted by Gasteiger charge is 2.22. The van der Waals surface area contributed by atoms with E-state index in [9.17, 15) is 0 Å². The second-order valence-electron chi connectivity index (χ2n) is 8.94. The van der Waals surface area contributed by atoms with Gasteiger partial charge in [0.15, 0.2) is 5.82 Å². The van der Waals surface area contributed by atoms with Crippen LogP contribution in [0.3, 0.4) is 0 Å². The number of pyridine rings is 2. The Morgan fingerprint density at radius 2 is 1.92 bits per heavy atom. The van der Waals surface area contributed by atoms with Gasteiger partial charge < -0.3 is 19.5 Å². The summed E-state index contributed by atoms with van der Waals surface area (Å²) in [6.45, 7) is 4.81. The molecule has 198 valence electrons. The van der Waals surface area contributed by atoms with Gasteiger partial charge in [-0.05, 0) is 32.0 Å². The predicted molar refractivity (Wildman–Crippen MR) is 143 cm³/mol. The number of ether oxygens (including phenoxy) is 3. The van der Waals surface area contributed by atoms with Gasteiger partial charge in [0.25, 0.3) is 0 Å². The van der Waals surface area contributed by atoms with Crippen LogP contribution >= 0.6 is 0 Å². The second-order valence-corrected chi connectivity index (χ2v) is 8.94. The van der Waals surface area contributed by atoms with E-state index in [1.807, 2.05) is 45.3 Å². The van der Waals surface area contributed by atoms with Crippen LogP contribution in [0.5, 0.6) is 17.5 Å². The number of hydrogen-bond donors (Lipinski definition) is 1. The fourth-order valence-corrected chi connectivity index (χ4v) is 4.26. The Balaban J connectivity index is 1.42. The van der Waals surface area contributed by atoms with Crippen molar-refractivity contribution in [2.45, 2.75) is 26.4 Å². The van der Waals surface area contributed by atoms with Gasteiger partial charge in [0.2, 0.25) is 11.8 Å². The molecular weight excluding hydrogens is 498 g/mol. The van der Waals surface area contributed by atoms with Crippen molar-refractivity contribution in [2.75, 3.05) is 18.5 Å². The first-order chi connectivity index (χ1) is 19.1. The van der Waals surface area contributed by atoms with E-state index >= 15 is 0 Å². The molecule has 1 aliphatic rings. The molecule has 1 atom stereocenters. The van der Waals surface area contributed by atoms with Crippen LogP contribution in [0.2, 0.25) is 0 Å². The minimum absolute atomic E-state index is 0.168. The number of aryl methyl sites for hydroxylation is 1. The summed E-state index contributed by atoms with van der Waals surface area (Å²) < 4.78 is 21.9. The standard InChI is InChI=1S/C27H27N9O3/c1-4-37-26-21(16-36(34-26)18-5-9-28-10-6-18)19-14-30-24-13-22(19)39-17(2)8-12-38-27-20(15-31-35(27)3)25-29-11-7-23(32-24)33-25/h5-7,9-11,13-17H,4,8,12H2,1-3H3,(H,29,30,32,33)/t17-/m0/s1. The molecule has 0 radical (unpaired) electrons. The maximum atomic E-state index is 6.47. The van der Waals surface area contributed by atoms with Crippen molar-refractivity contribution in [1.82, 2.24) is 39.5 Å². The quantitative estimate of drug-likeness (QED) is 0.364. The van der Waals surface area contributed by atoms with Crippen LogP contribution in [0.25, 0.3) is 28.2 Å². The molecular formula is C27H27N9O3. The number of hydrogen-bond acceptors (Lipinski definition) is 10. The molecule has 39 heavy (non-hydrogen) atoms. The largest absolute Gasteiger partial charge is 0.490 e. The van der Waals surface area contributed by atoms with Crippen LogP contribution in [0.15, 0.2) is 61.4 Å². The molecule has 12 nitrogen and oxygen atoms in total. The summed E-state index contributed by atoms with van der Waals surface area (Å²) in [6, 6.07) is 7.39. The normalized spacial score (nSPS) is 14.8. The van der Waals surface area contributed by atoms with Gasteiger partial charge in [0.1, 0.15) is 22.9 Å². The van der Waals surface area contributed by atoms with Gasteiger partial charge in [-0.2, -0.15) is 5.10 Å². The minimum atomic E-state index is -0.168. The van der Waals surface area contributed by atoms with Crippen molar-refractivity contribution < 1.29 is 14.2 Å². The van der Waals surface area contributed by atoms with Crippen molar-refractivity contribution in [3.05, 3.63) is 61.4 Å². The fraction of sp³-hybridized carbons (Fsp3) is 0.259. The first-order valence-corrected chi connectivity index (χ1v) is 12.6. The predicted octanol–water partition coefficient (Wildman–Crippen LogP) is 4.21. The van der Waals surface area contributed by atoms with Crippen LogP contribution < -0.4 is 19.5 Å². The summed E-state index contributed by atoms with van der Waals surface area (Å²) in [5.41, 5.74) is 3.09. The maximum Gasteiger partial charge on any atom is 0.241 e. The Kier molecular flexibility index (Phi) is 6.49. The molecule has 5 aromatic rings. The molecule has 4 bridgehead atoms. The zero-order valence-corrected chi connectivity index (χ0v) is 21.8. The molecule has 0 saturated heterocycles. The molecule has 0 aromatic carbocycles. The zero-order chi connectivity index (χ0) is 26.8. The van der Waals surface area contributed by atoms with Crippen molar-refractivity contribution in [2.24, 2.45) is 7.05 Å². The number of nitrogens with zero attached hydrogens (tertiary/aromatic N) is 8. The molecule has 1 aliphatic heterocycles. The Hall–Kier alpha value is -5.00. The molecule has 0 saturated carbocycles. The Labute approximate surface area is 224 Å². The molecule has 0 unspecified atom stereocenters. The smallest absolute Gasteiger partial charge is 0.241 e. The third kappa shape index (κ3) is 4.96. The number of fused-ring (bicyclic) bond motifs is 6. The molecule has 0 fully saturated rings. The number of aromatic nitrogens is 8. The van der Waals surface area contributed by atoms with Crippen LogP contribution in [-0.2, 0) is 7.05 Å². The van der Waals surface area contributed by atoms with Gasteiger partial charge in [0.05, 0.1) is 36.8 Å². The zero-order valence-electron chi connectivity index (χ0n) is 21.8. The van der Waals surface area contributed by atoms with Crippen LogP contribution in [0, 0.1) is 0 Å². The minimum Gasteiger partial charge on any atom is -0.490 e. The summed E-state index contributed by atoms with van der Waals surface area (Å²) >= 11 is 0. The van der Waals surface area contributed by atoms with Gasteiger partial charge in [-0.1, -0.05) is 0 Å². The van der Waals surface area contributed by atoms with Crippen molar-refractivity contribution in [3.63, 3.8) is 0 Å². The lowest BCUT2D eigenvalue weighted by molar-refractivity contribution is 0.173. The lowest BCUT2D eigenvalue weighted by atomic mass is 10.1. The summed E-state index contributed by atoms with van der Waals surface area (Å²) in [7, 11) is 1.83. The van der Waals surface area contributed by atoms with E-state index in [2.05, 4.69) is 35.5 Å². The Bertz CT molecular complexity index is 1600. The van der Waals surface area contributed by atoms with E-state index in [-0.39, 0.29) is 6.10 Å². The summed E-state index contributed by atoms with van der Waals surface area (Å²) in [5, 5.41) is 12.3. The number of nitrogens with one attached hydrogen (secondary N) is 1. The Morgan fingerprint density at radius 1 is 1.05 bits per heavy atom. The summed E-state index contributed by atoms with van der Waals surface area (Å²) in [5.74, 6) is 3.36. The molecule has 6 heterocycles. The van der Waals surface area contributed by atoms with E-state index in [1.54, 1.807) is 46.4 Å². The number of rotatable bonds is 4. The topological polar surface area (TPSA) is 127 Å². The maximum absolute atomic E-state index is 6.47. The van der Waals surface area contributed by atoms with Gasteiger partial charge in [-0.25, -0.2) is 24.3 Å². The van der Waals surface area contributed by atoms with Crippen LogP contribution in [-0.4, -0.2) is 58.8 Å². The van der Waals surface area contributed by atoms with E-state index in [0.29, 0.717) is 60.2 Å². The SMILES string of the molecule is CCOc1nn(-c2ccncc2)cc1-c1cnc2cc1O[C@@H](C)CCOc1c(cnn1C)-c1nccc(n1)N2. The lowest BCUT2D eigenvalue weighted by Gasteiger charge is -2.19. The fourth-order valence-electron chi connectivity index (χ4n) is 4.26. The van der Waals surface area contributed by atoms with Gasteiger partial charge in [-0.15, -0.1) is 5.10 Å². The van der Waals surface area contributed by atoms with Crippen molar-refractivity contribution >= 4 is 11.6 Å². The molecule has 0 spiro atoms. The van der Waals surface area contributed by atoms with Crippen LogP contribution in [0.1, 0.15) is 20.3 Å². The van der Waals surface area contributed by atoms with E-state index in [4.69, 9.17) is 14.2 Å². The van der Waals surface area contributed by atoms with E-state index < -0.39 is 0 Å². The monoisotopic (exact) mass is 525 g/mol. The summed E-state index contributed by atoms with van der Waals surface area (Å²) in [6.07, 6.45) is 11.0. The van der Waals surface area contributed by atoms with Gasteiger partial charge in [0, 0.05) is 56.1 Å². The molecule has 12 heteroatoms. The highest BCUT2D eigenvalue weighted by molar-refractivity contribution is 5.76. The van der Waals surface area contributed by atoms with Crippen molar-refractivity contribution in [1.29, 1.82) is 0 Å². The third-order valence-electron chi connectivity index (χ3n) is 6.17. The highest BCUT2D eigenvalue weighted by Crippen LogP contribution is 2.38.